The fourth-order valence-corrected chi connectivity index (χ4v) is 4.66. The van der Waals surface area contributed by atoms with Crippen LogP contribution in [0.1, 0.15) is 27.8 Å². The Balaban J connectivity index is 1.55. The molecule has 33 heavy (non-hydrogen) atoms. The van der Waals surface area contributed by atoms with Crippen LogP contribution in [0, 0.1) is 10.1 Å². The highest BCUT2D eigenvalue weighted by atomic mass is 32.2. The lowest BCUT2D eigenvalue weighted by Crippen LogP contribution is -2.42. The van der Waals surface area contributed by atoms with Crippen molar-refractivity contribution in [3.8, 4) is 0 Å². The van der Waals surface area contributed by atoms with E-state index in [0.717, 1.165) is 0 Å². The van der Waals surface area contributed by atoms with Gasteiger partial charge in [-0.2, -0.15) is 0 Å². The van der Waals surface area contributed by atoms with Gasteiger partial charge in [0.1, 0.15) is 11.9 Å². The van der Waals surface area contributed by atoms with E-state index in [9.17, 15) is 14.9 Å². The number of amides is 1. The van der Waals surface area contributed by atoms with E-state index in [0.29, 0.717) is 32.6 Å². The Kier molecular flexibility index (Phi) is 5.35. The van der Waals surface area contributed by atoms with E-state index in [1.54, 1.807) is 64.5 Å². The maximum atomic E-state index is 13.4. The average molecular weight is 462 g/mol. The number of benzene rings is 2. The van der Waals surface area contributed by atoms with E-state index in [1.165, 1.54) is 17.8 Å². The first-order valence-electron chi connectivity index (χ1n) is 10.1. The number of para-hydroxylation sites is 1. The van der Waals surface area contributed by atoms with E-state index < -0.39 is 11.1 Å². The molecular weight excluding hydrogens is 442 g/mol. The van der Waals surface area contributed by atoms with Crippen molar-refractivity contribution in [3.63, 3.8) is 0 Å². The van der Waals surface area contributed by atoms with Gasteiger partial charge in [-0.05, 0) is 42.1 Å². The van der Waals surface area contributed by atoms with Crippen LogP contribution in [0.25, 0.3) is 0 Å². The van der Waals surface area contributed by atoms with Gasteiger partial charge in [0, 0.05) is 36.8 Å². The highest BCUT2D eigenvalue weighted by Crippen LogP contribution is 2.39. The van der Waals surface area contributed by atoms with Crippen molar-refractivity contribution >= 4 is 29.0 Å². The van der Waals surface area contributed by atoms with Gasteiger partial charge in [0.15, 0.2) is 5.16 Å². The van der Waals surface area contributed by atoms with E-state index in [4.69, 9.17) is 4.42 Å². The fraction of sp³-hybridized carbons (Fsp3) is 0.130. The Morgan fingerprint density at radius 3 is 2.79 bits per heavy atom. The summed E-state index contributed by atoms with van der Waals surface area (Å²) in [7, 11) is 1.83. The van der Waals surface area contributed by atoms with Gasteiger partial charge >= 0.3 is 0 Å². The van der Waals surface area contributed by atoms with Gasteiger partial charge < -0.3 is 19.2 Å². The first kappa shape index (κ1) is 20.8. The zero-order chi connectivity index (χ0) is 22.9. The summed E-state index contributed by atoms with van der Waals surface area (Å²) in [5, 5.41) is 15.9. The molecule has 2 aromatic heterocycles. The molecule has 2 aromatic carbocycles. The number of nitro benzene ring substituents is 1. The number of aromatic nitrogens is 2. The lowest BCUT2D eigenvalue weighted by atomic mass is 10.0. The number of carbonyl (C=O) groups excluding carboxylic acids is 1. The molecule has 0 bridgehead atoms. The molecule has 1 atom stereocenters. The molecule has 166 valence electrons. The standard InChI is InChI=1S/C23H19N5O4S/c1-26-11-10-24-23(26)33-20-9-8-15(13-19(20)28(30)31)21-25-18-7-3-2-6-17(18)22(29)27(21)14-16-5-4-12-32-16/h2-13,21,25H,14H2,1H3. The molecule has 1 aliphatic heterocycles. The summed E-state index contributed by atoms with van der Waals surface area (Å²) in [6, 6.07) is 15.8. The van der Waals surface area contributed by atoms with E-state index >= 15 is 0 Å². The number of nitrogens with one attached hydrogen (secondary N) is 1. The summed E-state index contributed by atoms with van der Waals surface area (Å²) in [5.74, 6) is 0.436. The summed E-state index contributed by atoms with van der Waals surface area (Å²) in [5.41, 5.74) is 1.76. The maximum absolute atomic E-state index is 13.4. The number of rotatable bonds is 6. The van der Waals surface area contributed by atoms with Crippen LogP contribution in [0.4, 0.5) is 11.4 Å². The van der Waals surface area contributed by atoms with Gasteiger partial charge in [0.2, 0.25) is 0 Å². The van der Waals surface area contributed by atoms with Crippen LogP contribution in [0.2, 0.25) is 0 Å². The molecule has 0 fully saturated rings. The monoisotopic (exact) mass is 461 g/mol. The number of nitro groups is 1. The molecule has 4 aromatic rings. The summed E-state index contributed by atoms with van der Waals surface area (Å²) >= 11 is 1.22. The van der Waals surface area contributed by atoms with Gasteiger partial charge in [-0.15, -0.1) is 0 Å². The second-order valence-corrected chi connectivity index (χ2v) is 8.52. The van der Waals surface area contributed by atoms with Crippen molar-refractivity contribution in [2.45, 2.75) is 22.8 Å². The second-order valence-electron chi connectivity index (χ2n) is 7.51. The molecule has 0 aliphatic carbocycles. The maximum Gasteiger partial charge on any atom is 0.283 e. The van der Waals surface area contributed by atoms with Crippen molar-refractivity contribution in [1.29, 1.82) is 0 Å². The van der Waals surface area contributed by atoms with Crippen LogP contribution in [0.3, 0.4) is 0 Å². The molecule has 0 spiro atoms. The number of carbonyl (C=O) groups is 1. The molecule has 10 heteroatoms. The molecule has 3 heterocycles. The number of hydrogen-bond acceptors (Lipinski definition) is 7. The zero-order valence-electron chi connectivity index (χ0n) is 17.5. The van der Waals surface area contributed by atoms with E-state index in [1.807, 2.05) is 19.2 Å². The molecule has 1 N–H and O–H groups in total. The van der Waals surface area contributed by atoms with Gasteiger partial charge in [-0.25, -0.2) is 4.98 Å². The Hall–Kier alpha value is -4.05. The molecule has 1 amide bonds. The number of nitrogens with zero attached hydrogens (tertiary/aromatic N) is 4. The van der Waals surface area contributed by atoms with Crippen molar-refractivity contribution < 1.29 is 14.1 Å². The van der Waals surface area contributed by atoms with Crippen LogP contribution in [0.5, 0.6) is 0 Å². The molecular formula is C23H19N5O4S. The van der Waals surface area contributed by atoms with E-state index in [2.05, 4.69) is 10.3 Å². The Labute approximate surface area is 193 Å². The third kappa shape index (κ3) is 3.96. The van der Waals surface area contributed by atoms with Crippen LogP contribution in [-0.2, 0) is 13.6 Å². The number of imidazole rings is 1. The minimum Gasteiger partial charge on any atom is -0.467 e. The third-order valence-electron chi connectivity index (χ3n) is 5.40. The van der Waals surface area contributed by atoms with Gasteiger partial charge in [0.05, 0.1) is 28.2 Å². The van der Waals surface area contributed by atoms with Crippen LogP contribution in [-0.4, -0.2) is 25.3 Å². The SMILES string of the molecule is Cn1ccnc1Sc1ccc(C2Nc3ccccc3C(=O)N2Cc2ccco2)cc1[N+](=O)[O-]. The molecule has 1 aliphatic rings. The first-order valence-corrected chi connectivity index (χ1v) is 11.0. The van der Waals surface area contributed by atoms with Crippen LogP contribution < -0.4 is 5.32 Å². The molecule has 0 saturated heterocycles. The Morgan fingerprint density at radius 2 is 2.06 bits per heavy atom. The Morgan fingerprint density at radius 1 is 1.21 bits per heavy atom. The lowest BCUT2D eigenvalue weighted by Gasteiger charge is -2.37. The lowest BCUT2D eigenvalue weighted by molar-refractivity contribution is -0.387. The number of aryl methyl sites for hydroxylation is 1. The number of hydrogen-bond donors (Lipinski definition) is 1. The van der Waals surface area contributed by atoms with Gasteiger partial charge in [-0.1, -0.05) is 18.2 Å². The van der Waals surface area contributed by atoms with Gasteiger partial charge in [-0.3, -0.25) is 14.9 Å². The molecule has 0 saturated carbocycles. The molecule has 9 nitrogen and oxygen atoms in total. The predicted molar refractivity (Wildman–Crippen MR) is 122 cm³/mol. The van der Waals surface area contributed by atoms with Crippen molar-refractivity contribution in [2.24, 2.45) is 7.05 Å². The van der Waals surface area contributed by atoms with Crippen molar-refractivity contribution in [3.05, 3.63) is 100 Å². The number of furan rings is 1. The van der Waals surface area contributed by atoms with Crippen LogP contribution in [0.15, 0.2) is 87.7 Å². The molecule has 1 unspecified atom stereocenters. The fourth-order valence-electron chi connectivity index (χ4n) is 3.77. The van der Waals surface area contributed by atoms with Crippen molar-refractivity contribution in [1.82, 2.24) is 14.5 Å². The highest BCUT2D eigenvalue weighted by Gasteiger charge is 2.34. The predicted octanol–water partition coefficient (Wildman–Crippen LogP) is 4.84. The smallest absolute Gasteiger partial charge is 0.283 e. The largest absolute Gasteiger partial charge is 0.467 e. The quantitative estimate of drug-likeness (QED) is 0.323. The second kappa shape index (κ2) is 8.47. The summed E-state index contributed by atoms with van der Waals surface area (Å²) in [6.45, 7) is 0.218. The first-order chi connectivity index (χ1) is 16.0. The van der Waals surface area contributed by atoms with Crippen LogP contribution >= 0.6 is 11.8 Å². The summed E-state index contributed by atoms with van der Waals surface area (Å²) < 4.78 is 7.26. The Bertz CT molecular complexity index is 1330. The topological polar surface area (TPSA) is 106 Å². The summed E-state index contributed by atoms with van der Waals surface area (Å²) in [4.78, 5) is 31.2. The zero-order valence-corrected chi connectivity index (χ0v) is 18.4. The minimum absolute atomic E-state index is 0.0495. The van der Waals surface area contributed by atoms with Crippen molar-refractivity contribution in [2.75, 3.05) is 5.32 Å². The molecule has 5 rings (SSSR count). The minimum atomic E-state index is -0.608. The average Bonchev–Trinajstić information content (AvgIpc) is 3.48. The summed E-state index contributed by atoms with van der Waals surface area (Å²) in [6.07, 6.45) is 4.37. The normalized spacial score (nSPS) is 15.2. The molecule has 0 radical (unpaired) electrons. The van der Waals surface area contributed by atoms with Gasteiger partial charge in [0.25, 0.3) is 11.6 Å². The highest BCUT2D eigenvalue weighted by molar-refractivity contribution is 7.99. The number of anilines is 1. The van der Waals surface area contributed by atoms with E-state index in [-0.39, 0.29) is 18.1 Å². The third-order valence-corrected chi connectivity index (χ3v) is 6.54. The number of fused-ring (bicyclic) bond motifs is 1.